The van der Waals surface area contributed by atoms with Gasteiger partial charge in [-0.2, -0.15) is 0 Å². The van der Waals surface area contributed by atoms with E-state index in [2.05, 4.69) is 32.6 Å². The highest BCUT2D eigenvalue weighted by Gasteiger charge is 2.21. The quantitative estimate of drug-likeness (QED) is 0.705. The molecule has 0 amide bonds. The third-order valence-corrected chi connectivity index (χ3v) is 4.71. The molecule has 0 spiro atoms. The Hall–Kier alpha value is -0.0800. The van der Waals surface area contributed by atoms with Crippen LogP contribution in [0.5, 0.6) is 0 Å². The van der Waals surface area contributed by atoms with Crippen LogP contribution in [0.1, 0.15) is 59.8 Å². The normalized spacial score (nSPS) is 19.7. The van der Waals surface area contributed by atoms with Crippen molar-refractivity contribution in [3.05, 3.63) is 0 Å². The molecule has 1 aliphatic rings. The van der Waals surface area contributed by atoms with E-state index in [1.165, 1.54) is 51.7 Å². The monoisotopic (exact) mass is 254 g/mol. The van der Waals surface area contributed by atoms with E-state index in [1.807, 2.05) is 0 Å². The van der Waals surface area contributed by atoms with Crippen LogP contribution in [0, 0.1) is 17.3 Å². The second-order valence-corrected chi connectivity index (χ2v) is 7.25. The summed E-state index contributed by atoms with van der Waals surface area (Å²) in [4.78, 5) is 2.66. The van der Waals surface area contributed by atoms with Crippen LogP contribution in [-0.4, -0.2) is 31.1 Å². The molecule has 108 valence electrons. The molecule has 0 aromatic rings. The Morgan fingerprint density at radius 3 is 2.28 bits per heavy atom. The first-order valence-electron chi connectivity index (χ1n) is 7.87. The molecule has 1 fully saturated rings. The molecule has 2 N–H and O–H groups in total. The molecule has 0 unspecified atom stereocenters. The van der Waals surface area contributed by atoms with Gasteiger partial charge in [0.2, 0.25) is 0 Å². The minimum Gasteiger partial charge on any atom is -0.330 e. The first-order valence-corrected chi connectivity index (χ1v) is 7.87. The molecule has 0 saturated carbocycles. The fraction of sp³-hybridized carbons (Fsp3) is 1.00. The van der Waals surface area contributed by atoms with Crippen molar-refractivity contribution in [1.29, 1.82) is 0 Å². The van der Waals surface area contributed by atoms with E-state index >= 15 is 0 Å². The van der Waals surface area contributed by atoms with Crippen LogP contribution in [-0.2, 0) is 0 Å². The molecule has 1 aliphatic heterocycles. The van der Waals surface area contributed by atoms with Crippen molar-refractivity contribution < 1.29 is 0 Å². The summed E-state index contributed by atoms with van der Waals surface area (Å²) in [6.07, 6.45) is 6.76. The van der Waals surface area contributed by atoms with Crippen molar-refractivity contribution >= 4 is 0 Å². The van der Waals surface area contributed by atoms with Gasteiger partial charge in [0.15, 0.2) is 0 Å². The van der Waals surface area contributed by atoms with Gasteiger partial charge in [-0.25, -0.2) is 0 Å². The molecule has 0 atom stereocenters. The van der Waals surface area contributed by atoms with Crippen molar-refractivity contribution in [2.75, 3.05) is 26.2 Å². The van der Waals surface area contributed by atoms with Gasteiger partial charge in [0, 0.05) is 0 Å². The average molecular weight is 254 g/mol. The molecule has 1 saturated heterocycles. The minimum absolute atomic E-state index is 0.338. The summed E-state index contributed by atoms with van der Waals surface area (Å²) in [5.41, 5.74) is 6.10. The number of nitrogens with zero attached hydrogens (tertiary/aromatic N) is 1. The molecule has 2 heteroatoms. The van der Waals surface area contributed by atoms with Crippen LogP contribution < -0.4 is 5.73 Å². The second-order valence-electron chi connectivity index (χ2n) is 7.25. The molecule has 2 nitrogen and oxygen atoms in total. The van der Waals surface area contributed by atoms with Crippen molar-refractivity contribution in [2.24, 2.45) is 23.0 Å². The summed E-state index contributed by atoms with van der Waals surface area (Å²) in [5.74, 6) is 1.84. The number of hydrogen-bond acceptors (Lipinski definition) is 2. The van der Waals surface area contributed by atoms with Gasteiger partial charge in [0.25, 0.3) is 0 Å². The Balaban J connectivity index is 2.08. The molecule has 0 aromatic heterocycles. The van der Waals surface area contributed by atoms with E-state index in [1.54, 1.807) is 0 Å². The first-order chi connectivity index (χ1) is 8.44. The SMILES string of the molecule is CC(C)C1CCN(CCCCC(C)(C)CN)CC1. The van der Waals surface area contributed by atoms with Gasteiger partial charge in [-0.15, -0.1) is 0 Å². The van der Waals surface area contributed by atoms with Gasteiger partial charge in [0.05, 0.1) is 0 Å². The largest absolute Gasteiger partial charge is 0.330 e. The molecule has 0 aromatic carbocycles. The summed E-state index contributed by atoms with van der Waals surface area (Å²) in [5, 5.41) is 0. The van der Waals surface area contributed by atoms with Crippen LogP contribution >= 0.6 is 0 Å². The molecular weight excluding hydrogens is 220 g/mol. The lowest BCUT2D eigenvalue weighted by atomic mass is 9.86. The highest BCUT2D eigenvalue weighted by Crippen LogP contribution is 2.25. The third-order valence-electron chi connectivity index (χ3n) is 4.71. The highest BCUT2D eigenvalue weighted by molar-refractivity contribution is 4.75. The van der Waals surface area contributed by atoms with Crippen LogP contribution in [0.25, 0.3) is 0 Å². The topological polar surface area (TPSA) is 29.3 Å². The van der Waals surface area contributed by atoms with Gasteiger partial charge < -0.3 is 10.6 Å². The van der Waals surface area contributed by atoms with Crippen LogP contribution in [0.15, 0.2) is 0 Å². The fourth-order valence-corrected chi connectivity index (χ4v) is 2.88. The lowest BCUT2D eigenvalue weighted by molar-refractivity contribution is 0.154. The van der Waals surface area contributed by atoms with Crippen LogP contribution in [0.4, 0.5) is 0 Å². The van der Waals surface area contributed by atoms with Crippen LogP contribution in [0.2, 0.25) is 0 Å². The highest BCUT2D eigenvalue weighted by atomic mass is 15.1. The Labute approximate surface area is 114 Å². The van der Waals surface area contributed by atoms with Gasteiger partial charge in [0.1, 0.15) is 0 Å². The summed E-state index contributed by atoms with van der Waals surface area (Å²) >= 11 is 0. The molecule has 1 rings (SSSR count). The second kappa shape index (κ2) is 7.49. The minimum atomic E-state index is 0.338. The summed E-state index contributed by atoms with van der Waals surface area (Å²) < 4.78 is 0. The van der Waals surface area contributed by atoms with Gasteiger partial charge in [-0.05, 0) is 69.1 Å². The van der Waals surface area contributed by atoms with E-state index in [0.717, 1.165) is 18.4 Å². The Morgan fingerprint density at radius 1 is 1.17 bits per heavy atom. The summed E-state index contributed by atoms with van der Waals surface area (Å²) in [6.45, 7) is 14.1. The smallest absolute Gasteiger partial charge is 0.00160 e. The predicted molar refractivity (Wildman–Crippen MR) is 80.7 cm³/mol. The van der Waals surface area contributed by atoms with Crippen molar-refractivity contribution in [1.82, 2.24) is 4.90 Å². The van der Waals surface area contributed by atoms with Crippen LogP contribution in [0.3, 0.4) is 0 Å². The van der Waals surface area contributed by atoms with Crippen molar-refractivity contribution in [3.63, 3.8) is 0 Å². The Kier molecular flexibility index (Phi) is 6.65. The maximum atomic E-state index is 5.76. The molecular formula is C16H34N2. The van der Waals surface area contributed by atoms with E-state index in [4.69, 9.17) is 5.73 Å². The van der Waals surface area contributed by atoms with E-state index in [0.29, 0.717) is 5.41 Å². The zero-order chi connectivity index (χ0) is 13.6. The maximum absolute atomic E-state index is 5.76. The number of nitrogens with two attached hydrogens (primary N) is 1. The Morgan fingerprint density at radius 2 is 1.78 bits per heavy atom. The zero-order valence-corrected chi connectivity index (χ0v) is 13.0. The van der Waals surface area contributed by atoms with Gasteiger partial charge in [-0.1, -0.05) is 34.1 Å². The summed E-state index contributed by atoms with van der Waals surface area (Å²) in [6, 6.07) is 0. The lowest BCUT2D eigenvalue weighted by Gasteiger charge is -2.34. The number of hydrogen-bond donors (Lipinski definition) is 1. The lowest BCUT2D eigenvalue weighted by Crippen LogP contribution is -2.36. The zero-order valence-electron chi connectivity index (χ0n) is 13.0. The molecule has 18 heavy (non-hydrogen) atoms. The number of likely N-dealkylation sites (tertiary alicyclic amines) is 1. The number of piperidine rings is 1. The molecule has 0 aliphatic carbocycles. The summed E-state index contributed by atoms with van der Waals surface area (Å²) in [7, 11) is 0. The molecule has 1 heterocycles. The number of unbranched alkanes of at least 4 members (excludes halogenated alkanes) is 1. The van der Waals surface area contributed by atoms with Gasteiger partial charge >= 0.3 is 0 Å². The van der Waals surface area contributed by atoms with E-state index in [-0.39, 0.29) is 0 Å². The van der Waals surface area contributed by atoms with Crippen molar-refractivity contribution in [3.8, 4) is 0 Å². The Bertz CT molecular complexity index is 215. The molecule has 0 bridgehead atoms. The average Bonchev–Trinajstić information content (AvgIpc) is 2.35. The first kappa shape index (κ1) is 16.0. The molecule has 0 radical (unpaired) electrons. The number of rotatable bonds is 7. The maximum Gasteiger partial charge on any atom is -0.00160 e. The standard InChI is InChI=1S/C16H34N2/c1-14(2)15-7-11-18(12-8-15)10-6-5-9-16(3,4)13-17/h14-15H,5-13,17H2,1-4H3. The van der Waals surface area contributed by atoms with Crippen molar-refractivity contribution in [2.45, 2.75) is 59.8 Å². The van der Waals surface area contributed by atoms with E-state index in [9.17, 15) is 0 Å². The van der Waals surface area contributed by atoms with Gasteiger partial charge in [-0.3, -0.25) is 0 Å². The fourth-order valence-electron chi connectivity index (χ4n) is 2.88. The predicted octanol–water partition coefficient (Wildman–Crippen LogP) is 3.51. The third kappa shape index (κ3) is 5.71. The van der Waals surface area contributed by atoms with E-state index < -0.39 is 0 Å².